The number of carbonyl (C=O) groups is 2. The smallest absolute Gasteiger partial charge is 0.306 e. The molecule has 0 bridgehead atoms. The van der Waals surface area contributed by atoms with Gasteiger partial charge in [-0.15, -0.1) is 0 Å². The number of unbranched alkanes of at least 4 members (excludes halogenated alkanes) is 27. The lowest BCUT2D eigenvalue weighted by atomic mass is 10.0. The summed E-state index contributed by atoms with van der Waals surface area (Å²) in [5.74, 6) is -0.487. The van der Waals surface area contributed by atoms with E-state index < -0.39 is 18.2 Å². The highest BCUT2D eigenvalue weighted by atomic mass is 16.5. The van der Waals surface area contributed by atoms with E-state index in [1.807, 2.05) is 0 Å². The van der Waals surface area contributed by atoms with E-state index in [1.165, 1.54) is 135 Å². The molecule has 3 atom stereocenters. The second-order valence-corrected chi connectivity index (χ2v) is 17.9. The van der Waals surface area contributed by atoms with Gasteiger partial charge in [-0.2, -0.15) is 0 Å². The summed E-state index contributed by atoms with van der Waals surface area (Å²) < 4.78 is 5.94. The highest BCUT2D eigenvalue weighted by molar-refractivity contribution is 5.77. The lowest BCUT2D eigenvalue weighted by molar-refractivity contribution is -0.151. The largest absolute Gasteiger partial charge is 0.462 e. The van der Waals surface area contributed by atoms with Crippen LogP contribution in [0.3, 0.4) is 0 Å². The number of rotatable bonds is 47. The zero-order chi connectivity index (χ0) is 44.5. The van der Waals surface area contributed by atoms with Crippen LogP contribution in [0.25, 0.3) is 0 Å². The van der Waals surface area contributed by atoms with E-state index in [0.717, 1.165) is 83.5 Å². The highest BCUT2D eigenvalue weighted by Gasteiger charge is 2.24. The first-order chi connectivity index (χ1) is 30.0. The third kappa shape index (κ3) is 44.2. The summed E-state index contributed by atoms with van der Waals surface area (Å²) in [7, 11) is 0. The van der Waals surface area contributed by atoms with Crippen molar-refractivity contribution in [3.05, 3.63) is 48.6 Å². The van der Waals surface area contributed by atoms with E-state index in [4.69, 9.17) is 4.74 Å². The Bertz CT molecular complexity index is 1050. The molecule has 0 aromatic heterocycles. The minimum absolute atomic E-state index is 0.0698. The minimum atomic E-state index is -0.789. The van der Waals surface area contributed by atoms with E-state index >= 15 is 0 Å². The van der Waals surface area contributed by atoms with E-state index in [1.54, 1.807) is 0 Å². The van der Waals surface area contributed by atoms with Crippen LogP contribution in [-0.2, 0) is 14.3 Å². The number of aliphatic hydroxyl groups is 2. The second-order valence-electron chi connectivity index (χ2n) is 17.9. The van der Waals surface area contributed by atoms with Crippen molar-refractivity contribution in [3.63, 3.8) is 0 Å². The predicted molar refractivity (Wildman–Crippen MR) is 264 cm³/mol. The summed E-state index contributed by atoms with van der Waals surface area (Å²) in [5.41, 5.74) is 0. The average Bonchev–Trinajstić information content (AvgIpc) is 3.25. The molecule has 3 unspecified atom stereocenters. The molecule has 0 rings (SSSR count). The Kier molecular flexibility index (Phi) is 47.1. The van der Waals surface area contributed by atoms with Crippen LogP contribution in [0.5, 0.6) is 0 Å². The standard InChI is InChI=1S/C55H101NO5/c1-4-7-10-13-16-19-21-23-25-27-28-30-32-35-37-40-43-46-51(49-54(59)56-52(50-57)53(58)47-44-41-38-34-18-15-12-9-6-3)61-55(60)48-45-42-39-36-33-31-29-26-24-22-20-17-14-11-8-5-2/h8,11,17,20,23-26,51-53,57-58H,4-7,9-10,12-16,18-19,21-22,27-50H2,1-3H3,(H,56,59)/b11-8+,20-17+,25-23+,26-24+. The van der Waals surface area contributed by atoms with Crippen LogP contribution >= 0.6 is 0 Å². The number of allylic oxidation sites excluding steroid dienone is 8. The van der Waals surface area contributed by atoms with Gasteiger partial charge in [0.25, 0.3) is 0 Å². The Morgan fingerprint density at radius 3 is 1.36 bits per heavy atom. The third-order valence-electron chi connectivity index (χ3n) is 11.9. The maximum Gasteiger partial charge on any atom is 0.306 e. The van der Waals surface area contributed by atoms with Gasteiger partial charge in [-0.1, -0.05) is 217 Å². The van der Waals surface area contributed by atoms with Crippen LogP contribution in [0, 0.1) is 0 Å². The zero-order valence-corrected chi connectivity index (χ0v) is 40.5. The summed E-state index contributed by atoms with van der Waals surface area (Å²) in [6.07, 6.45) is 58.9. The summed E-state index contributed by atoms with van der Waals surface area (Å²) in [4.78, 5) is 26.1. The van der Waals surface area contributed by atoms with E-state index in [-0.39, 0.29) is 24.9 Å². The quantitative estimate of drug-likeness (QED) is 0.0322. The van der Waals surface area contributed by atoms with Crippen molar-refractivity contribution >= 4 is 11.9 Å². The van der Waals surface area contributed by atoms with Gasteiger partial charge in [0.2, 0.25) is 5.91 Å². The van der Waals surface area contributed by atoms with Crippen molar-refractivity contribution in [3.8, 4) is 0 Å². The van der Waals surface area contributed by atoms with Crippen molar-refractivity contribution in [2.75, 3.05) is 6.61 Å². The molecule has 0 aliphatic heterocycles. The number of nitrogens with one attached hydrogen (secondary N) is 1. The third-order valence-corrected chi connectivity index (χ3v) is 11.9. The fourth-order valence-corrected chi connectivity index (χ4v) is 7.91. The van der Waals surface area contributed by atoms with Crippen LogP contribution in [0.15, 0.2) is 48.6 Å². The molecule has 6 heteroatoms. The van der Waals surface area contributed by atoms with Gasteiger partial charge < -0.3 is 20.3 Å². The number of amides is 1. The monoisotopic (exact) mass is 856 g/mol. The van der Waals surface area contributed by atoms with Crippen LogP contribution in [0.4, 0.5) is 0 Å². The molecule has 1 amide bonds. The predicted octanol–water partition coefficient (Wildman–Crippen LogP) is 15.8. The first-order valence-electron chi connectivity index (χ1n) is 26.4. The fraction of sp³-hybridized carbons (Fsp3) is 0.818. The van der Waals surface area contributed by atoms with Gasteiger partial charge in [-0.05, 0) is 83.5 Å². The van der Waals surface area contributed by atoms with Crippen LogP contribution in [-0.4, -0.2) is 46.9 Å². The molecule has 61 heavy (non-hydrogen) atoms. The van der Waals surface area contributed by atoms with Crippen LogP contribution in [0.1, 0.15) is 265 Å². The maximum atomic E-state index is 13.2. The summed E-state index contributed by atoms with van der Waals surface area (Å²) in [5, 5.41) is 23.7. The molecule has 0 heterocycles. The molecule has 3 N–H and O–H groups in total. The van der Waals surface area contributed by atoms with E-state index in [9.17, 15) is 19.8 Å². The zero-order valence-electron chi connectivity index (χ0n) is 40.5. The van der Waals surface area contributed by atoms with Gasteiger partial charge in [0, 0.05) is 6.42 Å². The molecule has 0 aliphatic rings. The topological polar surface area (TPSA) is 95.9 Å². The number of ether oxygens (including phenoxy) is 1. The summed E-state index contributed by atoms with van der Waals surface area (Å²) in [6, 6.07) is -0.704. The molecule has 0 saturated heterocycles. The van der Waals surface area contributed by atoms with Crippen molar-refractivity contribution in [2.24, 2.45) is 0 Å². The lowest BCUT2D eigenvalue weighted by Gasteiger charge is -2.24. The summed E-state index contributed by atoms with van der Waals surface area (Å²) >= 11 is 0. The van der Waals surface area contributed by atoms with Crippen molar-refractivity contribution in [2.45, 2.75) is 283 Å². The Labute approximate surface area is 378 Å². The molecule has 0 fully saturated rings. The van der Waals surface area contributed by atoms with E-state index in [2.05, 4.69) is 74.7 Å². The molecular formula is C55H101NO5. The van der Waals surface area contributed by atoms with Gasteiger partial charge in [0.05, 0.1) is 25.2 Å². The van der Waals surface area contributed by atoms with Crippen LogP contribution < -0.4 is 5.32 Å². The Balaban J connectivity index is 4.58. The number of carbonyl (C=O) groups excluding carboxylic acids is 2. The SMILES string of the molecule is CC/C=C/C/C=C/C/C=C/CCCCCCCCC(=O)OC(CCCCCCCCC/C=C/CCCCCCCC)CC(=O)NC(CO)C(O)CCCCCCCCCCC. The van der Waals surface area contributed by atoms with Gasteiger partial charge in [0.15, 0.2) is 0 Å². The number of hydrogen-bond donors (Lipinski definition) is 3. The van der Waals surface area contributed by atoms with Gasteiger partial charge in [-0.3, -0.25) is 9.59 Å². The van der Waals surface area contributed by atoms with E-state index in [0.29, 0.717) is 19.3 Å². The maximum absolute atomic E-state index is 13.2. The van der Waals surface area contributed by atoms with Gasteiger partial charge in [0.1, 0.15) is 6.10 Å². The van der Waals surface area contributed by atoms with Crippen molar-refractivity contribution in [1.29, 1.82) is 0 Å². The molecule has 6 nitrogen and oxygen atoms in total. The second kappa shape index (κ2) is 48.8. The van der Waals surface area contributed by atoms with Crippen molar-refractivity contribution in [1.82, 2.24) is 5.32 Å². The van der Waals surface area contributed by atoms with Crippen LogP contribution in [0.2, 0.25) is 0 Å². The first kappa shape index (κ1) is 58.8. The minimum Gasteiger partial charge on any atom is -0.462 e. The molecule has 0 spiro atoms. The molecule has 0 saturated carbocycles. The Morgan fingerprint density at radius 1 is 0.492 bits per heavy atom. The fourth-order valence-electron chi connectivity index (χ4n) is 7.91. The Morgan fingerprint density at radius 2 is 0.885 bits per heavy atom. The first-order valence-corrected chi connectivity index (χ1v) is 26.4. The lowest BCUT2D eigenvalue weighted by Crippen LogP contribution is -2.46. The highest BCUT2D eigenvalue weighted by Crippen LogP contribution is 2.18. The molecule has 0 aromatic carbocycles. The Hall–Kier alpha value is -2.18. The molecule has 0 aromatic rings. The number of esters is 1. The van der Waals surface area contributed by atoms with Crippen molar-refractivity contribution < 1.29 is 24.5 Å². The molecular weight excluding hydrogens is 755 g/mol. The summed E-state index contributed by atoms with van der Waals surface area (Å²) in [6.45, 7) is 6.36. The normalized spacial score (nSPS) is 13.6. The molecule has 0 aliphatic carbocycles. The van der Waals surface area contributed by atoms with Gasteiger partial charge in [-0.25, -0.2) is 0 Å². The number of hydrogen-bond acceptors (Lipinski definition) is 5. The molecule has 356 valence electrons. The molecule has 0 radical (unpaired) electrons. The average molecular weight is 856 g/mol. The van der Waals surface area contributed by atoms with Gasteiger partial charge >= 0.3 is 5.97 Å². The number of aliphatic hydroxyl groups excluding tert-OH is 2.